The van der Waals surface area contributed by atoms with E-state index < -0.39 is 0 Å². The Labute approximate surface area is 185 Å². The highest BCUT2D eigenvalue weighted by atomic mass is 14.8. The summed E-state index contributed by atoms with van der Waals surface area (Å²) in [6.07, 6.45) is 4.81. The first kappa shape index (κ1) is 19.8. The lowest BCUT2D eigenvalue weighted by Gasteiger charge is -2.23. The lowest BCUT2D eigenvalue weighted by atomic mass is 9.81. The van der Waals surface area contributed by atoms with Gasteiger partial charge in [0.25, 0.3) is 0 Å². The van der Waals surface area contributed by atoms with Crippen LogP contribution in [0.4, 0.5) is 0 Å². The molecule has 1 aliphatic carbocycles. The van der Waals surface area contributed by atoms with Gasteiger partial charge in [0.05, 0.1) is 0 Å². The number of hydrogen-bond acceptors (Lipinski definition) is 1. The maximum atomic E-state index is 3.72. The van der Waals surface area contributed by atoms with Gasteiger partial charge in [-0.3, -0.25) is 0 Å². The van der Waals surface area contributed by atoms with Gasteiger partial charge in [0.15, 0.2) is 0 Å². The Morgan fingerprint density at radius 2 is 1.52 bits per heavy atom. The van der Waals surface area contributed by atoms with Crippen molar-refractivity contribution in [3.63, 3.8) is 0 Å². The first-order valence-corrected chi connectivity index (χ1v) is 11.4. The van der Waals surface area contributed by atoms with Gasteiger partial charge in [-0.2, -0.15) is 0 Å². The molecule has 0 fully saturated rings. The van der Waals surface area contributed by atoms with E-state index in [2.05, 4.69) is 109 Å². The first-order chi connectivity index (χ1) is 15.4. The van der Waals surface area contributed by atoms with Gasteiger partial charge in [-0.25, -0.2) is 0 Å². The molecule has 0 saturated carbocycles. The molecule has 0 aromatic heterocycles. The predicted octanol–water partition coefficient (Wildman–Crippen LogP) is 7.42. The van der Waals surface area contributed by atoms with Gasteiger partial charge in [0.2, 0.25) is 0 Å². The number of allylic oxidation sites excluding steroid dienone is 1. The third-order valence-electron chi connectivity index (χ3n) is 6.43. The quantitative estimate of drug-likeness (QED) is 0.317. The monoisotopic (exact) mass is 403 g/mol. The molecule has 1 atom stereocenters. The highest BCUT2D eigenvalue weighted by Crippen LogP contribution is 2.47. The first-order valence-electron chi connectivity index (χ1n) is 11.4. The SMILES string of the molecule is CCCCNCc1c(C2C(c3ccccc3)=Cc3ccccc32)ccc2ccccc12. The molecule has 0 radical (unpaired) electrons. The second-order valence-electron chi connectivity index (χ2n) is 8.41. The smallest absolute Gasteiger partial charge is 0.0355 e. The third-order valence-corrected chi connectivity index (χ3v) is 6.43. The third kappa shape index (κ3) is 3.82. The zero-order valence-electron chi connectivity index (χ0n) is 18.1. The number of benzene rings is 4. The van der Waals surface area contributed by atoms with Crippen LogP contribution in [0.1, 0.15) is 53.5 Å². The average molecular weight is 404 g/mol. The number of unbranched alkanes of at least 4 members (excludes halogenated alkanes) is 1. The van der Waals surface area contributed by atoms with Crippen molar-refractivity contribution in [2.24, 2.45) is 0 Å². The fourth-order valence-electron chi connectivity index (χ4n) is 4.88. The standard InChI is InChI=1S/C30H29N/c1-2-3-19-31-21-29-25-15-9-7-13-23(25)17-18-27(29)30-26-16-10-8-14-24(26)20-28(30)22-11-5-4-6-12-22/h4-18,20,30-31H,2-3,19,21H2,1H3. The molecule has 0 bridgehead atoms. The molecule has 4 aromatic rings. The van der Waals surface area contributed by atoms with E-state index in [1.807, 2.05) is 0 Å². The minimum atomic E-state index is 0.256. The summed E-state index contributed by atoms with van der Waals surface area (Å²) >= 11 is 0. The van der Waals surface area contributed by atoms with Crippen molar-refractivity contribution in [1.29, 1.82) is 0 Å². The number of nitrogens with one attached hydrogen (secondary N) is 1. The van der Waals surface area contributed by atoms with Crippen molar-refractivity contribution in [3.8, 4) is 0 Å². The predicted molar refractivity (Wildman–Crippen MR) is 133 cm³/mol. The van der Waals surface area contributed by atoms with Gasteiger partial charge in [-0.15, -0.1) is 0 Å². The molecule has 1 heteroatoms. The van der Waals surface area contributed by atoms with Crippen LogP contribution >= 0.6 is 0 Å². The van der Waals surface area contributed by atoms with Crippen LogP contribution in [-0.4, -0.2) is 6.54 Å². The molecule has 0 aliphatic heterocycles. The van der Waals surface area contributed by atoms with Crippen molar-refractivity contribution in [2.75, 3.05) is 6.54 Å². The van der Waals surface area contributed by atoms with Gasteiger partial charge in [-0.05, 0) is 63.2 Å². The molecule has 1 N–H and O–H groups in total. The fraction of sp³-hybridized carbons (Fsp3) is 0.200. The highest BCUT2D eigenvalue weighted by molar-refractivity contribution is 5.96. The van der Waals surface area contributed by atoms with E-state index in [4.69, 9.17) is 0 Å². The maximum absolute atomic E-state index is 3.72. The van der Waals surface area contributed by atoms with Crippen LogP contribution in [0, 0.1) is 0 Å². The Kier molecular flexibility index (Phi) is 5.69. The molecule has 1 unspecified atom stereocenters. The summed E-state index contributed by atoms with van der Waals surface area (Å²) in [5, 5.41) is 6.39. The van der Waals surface area contributed by atoms with E-state index in [1.165, 1.54) is 57.0 Å². The summed E-state index contributed by atoms with van der Waals surface area (Å²) in [5.41, 5.74) is 8.30. The molecule has 1 aliphatic rings. The van der Waals surface area contributed by atoms with Crippen molar-refractivity contribution in [3.05, 3.63) is 119 Å². The minimum Gasteiger partial charge on any atom is -0.313 e. The molecule has 4 aromatic carbocycles. The second-order valence-corrected chi connectivity index (χ2v) is 8.41. The minimum absolute atomic E-state index is 0.256. The van der Waals surface area contributed by atoms with Crippen LogP contribution in [0.3, 0.4) is 0 Å². The Balaban J connectivity index is 1.67. The lowest BCUT2D eigenvalue weighted by molar-refractivity contribution is 0.640. The molecule has 154 valence electrons. The molecule has 0 saturated heterocycles. The molecular formula is C30H29N. The molecule has 0 amide bonds. The van der Waals surface area contributed by atoms with E-state index in [0.717, 1.165) is 13.1 Å². The van der Waals surface area contributed by atoms with Crippen molar-refractivity contribution in [2.45, 2.75) is 32.2 Å². The largest absolute Gasteiger partial charge is 0.313 e. The van der Waals surface area contributed by atoms with Crippen LogP contribution < -0.4 is 5.32 Å². The van der Waals surface area contributed by atoms with E-state index in [0.29, 0.717) is 0 Å². The van der Waals surface area contributed by atoms with E-state index in [1.54, 1.807) is 0 Å². The molecule has 5 rings (SSSR count). The Hall–Kier alpha value is -3.16. The Morgan fingerprint density at radius 3 is 2.39 bits per heavy atom. The van der Waals surface area contributed by atoms with Crippen LogP contribution in [0.2, 0.25) is 0 Å². The normalized spacial score (nSPS) is 15.1. The summed E-state index contributed by atoms with van der Waals surface area (Å²) in [7, 11) is 0. The Morgan fingerprint density at radius 1 is 0.742 bits per heavy atom. The van der Waals surface area contributed by atoms with Gasteiger partial charge >= 0.3 is 0 Å². The molecule has 31 heavy (non-hydrogen) atoms. The molecule has 0 heterocycles. The average Bonchev–Trinajstić information content (AvgIpc) is 3.22. The van der Waals surface area contributed by atoms with Crippen molar-refractivity contribution in [1.82, 2.24) is 5.32 Å². The fourth-order valence-corrected chi connectivity index (χ4v) is 4.88. The van der Waals surface area contributed by atoms with E-state index >= 15 is 0 Å². The van der Waals surface area contributed by atoms with E-state index in [-0.39, 0.29) is 5.92 Å². The van der Waals surface area contributed by atoms with E-state index in [9.17, 15) is 0 Å². The summed E-state index contributed by atoms with van der Waals surface area (Å²) in [6.45, 7) is 4.20. The summed E-state index contributed by atoms with van der Waals surface area (Å²) < 4.78 is 0. The summed E-state index contributed by atoms with van der Waals surface area (Å²) in [5.74, 6) is 0.256. The molecule has 0 spiro atoms. The summed E-state index contributed by atoms with van der Waals surface area (Å²) in [4.78, 5) is 0. The van der Waals surface area contributed by atoms with Crippen molar-refractivity contribution < 1.29 is 0 Å². The van der Waals surface area contributed by atoms with Gasteiger partial charge < -0.3 is 5.32 Å². The molecular weight excluding hydrogens is 374 g/mol. The second kappa shape index (κ2) is 8.91. The number of hydrogen-bond donors (Lipinski definition) is 1. The van der Waals surface area contributed by atoms with Crippen molar-refractivity contribution >= 4 is 22.4 Å². The zero-order valence-corrected chi connectivity index (χ0v) is 18.1. The molecule has 1 nitrogen and oxygen atoms in total. The van der Waals surface area contributed by atoms with Gasteiger partial charge in [0.1, 0.15) is 0 Å². The Bertz CT molecular complexity index is 1220. The van der Waals surface area contributed by atoms with Crippen LogP contribution in [-0.2, 0) is 6.54 Å². The van der Waals surface area contributed by atoms with Crippen LogP contribution in [0.15, 0.2) is 91.0 Å². The number of fused-ring (bicyclic) bond motifs is 2. The van der Waals surface area contributed by atoms with Crippen LogP contribution in [0.25, 0.3) is 22.4 Å². The summed E-state index contributed by atoms with van der Waals surface area (Å²) in [6, 6.07) is 33.2. The number of rotatable bonds is 7. The maximum Gasteiger partial charge on any atom is 0.0355 e. The zero-order chi connectivity index (χ0) is 21.0. The lowest BCUT2D eigenvalue weighted by Crippen LogP contribution is -2.17. The highest BCUT2D eigenvalue weighted by Gasteiger charge is 2.29. The van der Waals surface area contributed by atoms with Crippen LogP contribution in [0.5, 0.6) is 0 Å². The topological polar surface area (TPSA) is 12.0 Å². The van der Waals surface area contributed by atoms with Gasteiger partial charge in [0, 0.05) is 12.5 Å². The van der Waals surface area contributed by atoms with Gasteiger partial charge in [-0.1, -0.05) is 104 Å².